The summed E-state index contributed by atoms with van der Waals surface area (Å²) in [5.74, 6) is -0.216. The molecule has 0 aromatic heterocycles. The first-order chi connectivity index (χ1) is 9.66. The molecule has 0 saturated carbocycles. The Morgan fingerprint density at radius 3 is 2.30 bits per heavy atom. The molecule has 0 aliphatic heterocycles. The summed E-state index contributed by atoms with van der Waals surface area (Å²) in [5, 5.41) is 3.95. The number of amides is 1. The van der Waals surface area contributed by atoms with Gasteiger partial charge in [-0.05, 0) is 29.8 Å². The largest absolute Gasteiger partial charge is 0.378 e. The maximum atomic E-state index is 11.7. The molecule has 1 amide bonds. The van der Waals surface area contributed by atoms with Crippen molar-refractivity contribution in [3.05, 3.63) is 65.7 Å². The zero-order valence-corrected chi connectivity index (χ0v) is 11.6. The first kappa shape index (κ1) is 13.8. The van der Waals surface area contributed by atoms with Gasteiger partial charge in [-0.1, -0.05) is 30.3 Å². The van der Waals surface area contributed by atoms with E-state index in [1.165, 1.54) is 0 Å². The lowest BCUT2D eigenvalue weighted by Gasteiger charge is -2.11. The topological polar surface area (TPSA) is 44.7 Å². The van der Waals surface area contributed by atoms with Crippen LogP contribution in [0.2, 0.25) is 0 Å². The molecule has 4 nitrogen and oxygen atoms in total. The molecule has 2 aromatic carbocycles. The molecule has 102 valence electrons. The number of rotatable bonds is 4. The first-order valence-electron chi connectivity index (χ1n) is 6.32. The van der Waals surface area contributed by atoms with Crippen LogP contribution in [0.25, 0.3) is 0 Å². The third-order valence-electron chi connectivity index (χ3n) is 2.83. The van der Waals surface area contributed by atoms with Gasteiger partial charge in [0, 0.05) is 25.3 Å². The standard InChI is InChI=1S/C16H17N3O/c1-19(2)15-10-8-13(9-11-15)12-17-18-16(20)14-6-4-3-5-7-14/h3-12H,1-2H3,(H,18,20)/b17-12-. The van der Waals surface area contributed by atoms with Gasteiger partial charge in [0.25, 0.3) is 5.91 Å². The van der Waals surface area contributed by atoms with Gasteiger partial charge in [-0.15, -0.1) is 0 Å². The van der Waals surface area contributed by atoms with E-state index >= 15 is 0 Å². The van der Waals surface area contributed by atoms with Crippen molar-refractivity contribution in [3.63, 3.8) is 0 Å². The van der Waals surface area contributed by atoms with Crippen LogP contribution in [-0.2, 0) is 0 Å². The number of hydrogen-bond donors (Lipinski definition) is 1. The summed E-state index contributed by atoms with van der Waals surface area (Å²) in [6.07, 6.45) is 1.63. The van der Waals surface area contributed by atoms with Crippen molar-refractivity contribution in [2.45, 2.75) is 0 Å². The summed E-state index contributed by atoms with van der Waals surface area (Å²) in [6, 6.07) is 16.9. The van der Waals surface area contributed by atoms with E-state index in [-0.39, 0.29) is 5.91 Å². The highest BCUT2D eigenvalue weighted by molar-refractivity contribution is 5.94. The van der Waals surface area contributed by atoms with Crippen LogP contribution < -0.4 is 10.3 Å². The van der Waals surface area contributed by atoms with E-state index in [9.17, 15) is 4.79 Å². The SMILES string of the molecule is CN(C)c1ccc(/C=N\NC(=O)c2ccccc2)cc1. The maximum absolute atomic E-state index is 11.7. The van der Waals surface area contributed by atoms with E-state index in [4.69, 9.17) is 0 Å². The lowest BCUT2D eigenvalue weighted by molar-refractivity contribution is 0.0955. The Bertz CT molecular complexity index is 589. The van der Waals surface area contributed by atoms with Crippen molar-refractivity contribution in [2.24, 2.45) is 5.10 Å². The van der Waals surface area contributed by atoms with Crippen molar-refractivity contribution in [1.29, 1.82) is 0 Å². The summed E-state index contributed by atoms with van der Waals surface area (Å²) >= 11 is 0. The quantitative estimate of drug-likeness (QED) is 0.683. The fourth-order valence-corrected chi connectivity index (χ4v) is 1.68. The lowest BCUT2D eigenvalue weighted by Crippen LogP contribution is -2.17. The molecular weight excluding hydrogens is 250 g/mol. The summed E-state index contributed by atoms with van der Waals surface area (Å²) in [7, 11) is 3.98. The number of hydrazone groups is 1. The van der Waals surface area contributed by atoms with Crippen LogP contribution in [0.5, 0.6) is 0 Å². The van der Waals surface area contributed by atoms with E-state index in [0.29, 0.717) is 5.56 Å². The second-order valence-electron chi connectivity index (χ2n) is 4.55. The minimum absolute atomic E-state index is 0.216. The number of anilines is 1. The molecule has 1 N–H and O–H groups in total. The molecule has 0 heterocycles. The fraction of sp³-hybridized carbons (Fsp3) is 0.125. The van der Waals surface area contributed by atoms with Gasteiger partial charge in [0.15, 0.2) is 0 Å². The van der Waals surface area contributed by atoms with E-state index < -0.39 is 0 Å². The number of nitrogens with one attached hydrogen (secondary N) is 1. The monoisotopic (exact) mass is 267 g/mol. The van der Waals surface area contributed by atoms with Crippen molar-refractivity contribution in [2.75, 3.05) is 19.0 Å². The minimum atomic E-state index is -0.216. The van der Waals surface area contributed by atoms with Crippen LogP contribution in [0.4, 0.5) is 5.69 Å². The van der Waals surface area contributed by atoms with E-state index in [1.54, 1.807) is 18.3 Å². The predicted molar refractivity (Wildman–Crippen MR) is 82.3 cm³/mol. The van der Waals surface area contributed by atoms with Crippen molar-refractivity contribution >= 4 is 17.8 Å². The van der Waals surface area contributed by atoms with Gasteiger partial charge in [0.1, 0.15) is 0 Å². The zero-order valence-electron chi connectivity index (χ0n) is 11.6. The Morgan fingerprint density at radius 1 is 1.05 bits per heavy atom. The molecule has 0 spiro atoms. The van der Waals surface area contributed by atoms with Gasteiger partial charge in [0.05, 0.1) is 6.21 Å². The van der Waals surface area contributed by atoms with Gasteiger partial charge in [-0.2, -0.15) is 5.10 Å². The Balaban J connectivity index is 1.95. The van der Waals surface area contributed by atoms with Gasteiger partial charge in [-0.3, -0.25) is 4.79 Å². The Kier molecular flexibility index (Phi) is 4.50. The Labute approximate surface area is 118 Å². The third kappa shape index (κ3) is 3.68. The molecule has 0 unspecified atom stereocenters. The number of hydrogen-bond acceptors (Lipinski definition) is 3. The molecule has 2 rings (SSSR count). The van der Waals surface area contributed by atoms with Crippen molar-refractivity contribution < 1.29 is 4.79 Å². The normalized spacial score (nSPS) is 10.5. The summed E-state index contributed by atoms with van der Waals surface area (Å²) in [6.45, 7) is 0. The summed E-state index contributed by atoms with van der Waals surface area (Å²) in [5.41, 5.74) is 5.15. The number of nitrogens with zero attached hydrogens (tertiary/aromatic N) is 2. The Hall–Kier alpha value is -2.62. The highest BCUT2D eigenvalue weighted by Crippen LogP contribution is 2.10. The maximum Gasteiger partial charge on any atom is 0.271 e. The highest BCUT2D eigenvalue weighted by Gasteiger charge is 2.01. The van der Waals surface area contributed by atoms with Crippen LogP contribution in [-0.4, -0.2) is 26.2 Å². The lowest BCUT2D eigenvalue weighted by atomic mass is 10.2. The molecule has 2 aromatic rings. The van der Waals surface area contributed by atoms with Crippen molar-refractivity contribution in [1.82, 2.24) is 5.43 Å². The Morgan fingerprint density at radius 2 is 1.70 bits per heavy atom. The molecule has 0 aliphatic carbocycles. The smallest absolute Gasteiger partial charge is 0.271 e. The first-order valence-corrected chi connectivity index (χ1v) is 6.32. The molecule has 0 radical (unpaired) electrons. The second-order valence-corrected chi connectivity index (χ2v) is 4.55. The van der Waals surface area contributed by atoms with E-state index in [0.717, 1.165) is 11.3 Å². The average Bonchev–Trinajstić information content (AvgIpc) is 2.48. The van der Waals surface area contributed by atoms with Gasteiger partial charge in [-0.25, -0.2) is 5.43 Å². The van der Waals surface area contributed by atoms with E-state index in [2.05, 4.69) is 10.5 Å². The van der Waals surface area contributed by atoms with Crippen molar-refractivity contribution in [3.8, 4) is 0 Å². The molecular formula is C16H17N3O. The molecule has 0 aliphatic rings. The van der Waals surface area contributed by atoms with Crippen LogP contribution >= 0.6 is 0 Å². The molecule has 0 atom stereocenters. The predicted octanol–water partition coefficient (Wildman–Crippen LogP) is 2.52. The number of carbonyl (C=O) groups is 1. The molecule has 0 bridgehead atoms. The second kappa shape index (κ2) is 6.52. The van der Waals surface area contributed by atoms with Crippen LogP contribution in [0, 0.1) is 0 Å². The average molecular weight is 267 g/mol. The molecule has 20 heavy (non-hydrogen) atoms. The molecule has 0 fully saturated rings. The fourth-order valence-electron chi connectivity index (χ4n) is 1.68. The summed E-state index contributed by atoms with van der Waals surface area (Å²) < 4.78 is 0. The van der Waals surface area contributed by atoms with Gasteiger partial charge >= 0.3 is 0 Å². The molecule has 4 heteroatoms. The highest BCUT2D eigenvalue weighted by atomic mass is 16.2. The van der Waals surface area contributed by atoms with Crippen LogP contribution in [0.3, 0.4) is 0 Å². The third-order valence-corrected chi connectivity index (χ3v) is 2.83. The van der Waals surface area contributed by atoms with Crippen LogP contribution in [0.1, 0.15) is 15.9 Å². The minimum Gasteiger partial charge on any atom is -0.378 e. The number of carbonyl (C=O) groups excluding carboxylic acids is 1. The van der Waals surface area contributed by atoms with E-state index in [1.807, 2.05) is 61.5 Å². The van der Waals surface area contributed by atoms with Crippen LogP contribution in [0.15, 0.2) is 59.7 Å². The van der Waals surface area contributed by atoms with Gasteiger partial charge < -0.3 is 4.90 Å². The molecule has 0 saturated heterocycles. The summed E-state index contributed by atoms with van der Waals surface area (Å²) in [4.78, 5) is 13.8. The van der Waals surface area contributed by atoms with Gasteiger partial charge in [0.2, 0.25) is 0 Å². The zero-order chi connectivity index (χ0) is 14.4. The number of benzene rings is 2.